The van der Waals surface area contributed by atoms with Crippen molar-refractivity contribution in [2.75, 3.05) is 11.9 Å². The average molecular weight is 379 g/mol. The van der Waals surface area contributed by atoms with Gasteiger partial charge in [0, 0.05) is 18.1 Å². The van der Waals surface area contributed by atoms with E-state index >= 15 is 0 Å². The highest BCUT2D eigenvalue weighted by atomic mass is 16.5. The zero-order chi connectivity index (χ0) is 20.1. The first-order chi connectivity index (χ1) is 13.5. The van der Waals surface area contributed by atoms with Crippen molar-refractivity contribution in [2.45, 2.75) is 26.0 Å². The minimum absolute atomic E-state index is 0.0343. The summed E-state index contributed by atoms with van der Waals surface area (Å²) in [6.45, 7) is 1.79. The second kappa shape index (κ2) is 8.47. The first-order valence-corrected chi connectivity index (χ1v) is 8.94. The molecule has 3 aromatic rings. The number of aromatic nitrogens is 2. The molecule has 1 atom stereocenters. The van der Waals surface area contributed by atoms with Crippen LogP contribution in [0.2, 0.25) is 0 Å². The van der Waals surface area contributed by atoms with Crippen molar-refractivity contribution in [3.63, 3.8) is 0 Å². The van der Waals surface area contributed by atoms with Crippen LogP contribution in [0, 0.1) is 0 Å². The van der Waals surface area contributed by atoms with Gasteiger partial charge in [-0.25, -0.2) is 0 Å². The Morgan fingerprint density at radius 1 is 1.11 bits per heavy atom. The van der Waals surface area contributed by atoms with E-state index in [1.807, 2.05) is 18.2 Å². The Hall–Kier alpha value is -3.48. The molecule has 0 bridgehead atoms. The summed E-state index contributed by atoms with van der Waals surface area (Å²) in [6, 6.07) is 16.2. The molecular formula is C21H21N3O4. The first kappa shape index (κ1) is 19.3. The molecule has 1 heterocycles. The van der Waals surface area contributed by atoms with Crippen molar-refractivity contribution in [2.24, 2.45) is 0 Å². The molecule has 3 rings (SSSR count). The van der Waals surface area contributed by atoms with Gasteiger partial charge in [0.1, 0.15) is 0 Å². The van der Waals surface area contributed by atoms with Crippen LogP contribution in [0.25, 0.3) is 10.9 Å². The predicted octanol–water partition coefficient (Wildman–Crippen LogP) is 2.38. The zero-order valence-corrected chi connectivity index (χ0v) is 15.7. The van der Waals surface area contributed by atoms with E-state index in [9.17, 15) is 14.4 Å². The van der Waals surface area contributed by atoms with E-state index in [0.717, 1.165) is 5.69 Å². The molecule has 7 heteroatoms. The van der Waals surface area contributed by atoms with Crippen LogP contribution in [0.3, 0.4) is 0 Å². The van der Waals surface area contributed by atoms with Crippen LogP contribution in [0.15, 0.2) is 65.6 Å². The molecular weight excluding hydrogens is 358 g/mol. The second-order valence-corrected chi connectivity index (χ2v) is 6.36. The molecule has 0 unspecified atom stereocenters. The van der Waals surface area contributed by atoms with Gasteiger partial charge in [-0.1, -0.05) is 30.3 Å². The summed E-state index contributed by atoms with van der Waals surface area (Å²) >= 11 is 0. The van der Waals surface area contributed by atoms with Crippen molar-refractivity contribution in [3.8, 4) is 0 Å². The highest BCUT2D eigenvalue weighted by Crippen LogP contribution is 2.14. The fourth-order valence-electron chi connectivity index (χ4n) is 2.89. The van der Waals surface area contributed by atoms with Crippen LogP contribution in [0.5, 0.6) is 0 Å². The van der Waals surface area contributed by atoms with Crippen LogP contribution < -0.4 is 10.3 Å². The van der Waals surface area contributed by atoms with Crippen molar-refractivity contribution in [1.29, 1.82) is 0 Å². The topological polar surface area (TPSA) is 81.5 Å². The maximum absolute atomic E-state index is 12.5. The quantitative estimate of drug-likeness (QED) is 0.614. The molecule has 0 saturated carbocycles. The average Bonchev–Trinajstić information content (AvgIpc) is 2.73. The molecule has 1 aromatic heterocycles. The Morgan fingerprint density at radius 3 is 2.54 bits per heavy atom. The van der Waals surface area contributed by atoms with Gasteiger partial charge in [0.15, 0.2) is 6.10 Å². The van der Waals surface area contributed by atoms with Crippen molar-refractivity contribution < 1.29 is 14.3 Å². The minimum Gasteiger partial charge on any atom is -0.452 e. The van der Waals surface area contributed by atoms with Gasteiger partial charge < -0.3 is 9.64 Å². The lowest BCUT2D eigenvalue weighted by Gasteiger charge is -2.21. The lowest BCUT2D eigenvalue weighted by atomic mass is 10.2. The number of carbonyl (C=O) groups excluding carboxylic acids is 2. The normalized spacial score (nSPS) is 11.8. The summed E-state index contributed by atoms with van der Waals surface area (Å²) < 4.78 is 6.86. The third-order valence-electron chi connectivity index (χ3n) is 4.42. The van der Waals surface area contributed by atoms with Gasteiger partial charge >= 0.3 is 5.97 Å². The zero-order valence-electron chi connectivity index (χ0n) is 15.7. The molecule has 144 valence electrons. The summed E-state index contributed by atoms with van der Waals surface area (Å²) in [7, 11) is 1.64. The number of amides is 1. The Bertz CT molecular complexity index is 1050. The van der Waals surface area contributed by atoms with Gasteiger partial charge in [0.25, 0.3) is 5.91 Å². The lowest BCUT2D eigenvalue weighted by molar-refractivity contribution is -0.154. The van der Waals surface area contributed by atoms with E-state index in [4.69, 9.17) is 4.74 Å². The molecule has 0 saturated heterocycles. The van der Waals surface area contributed by atoms with E-state index in [1.54, 1.807) is 55.1 Å². The van der Waals surface area contributed by atoms with Gasteiger partial charge in [-0.15, -0.1) is 0 Å². The molecule has 0 fully saturated rings. The minimum atomic E-state index is -0.906. The maximum Gasteiger partial charge on any atom is 0.308 e. The van der Waals surface area contributed by atoms with E-state index in [-0.39, 0.29) is 24.3 Å². The van der Waals surface area contributed by atoms with Gasteiger partial charge in [0.2, 0.25) is 5.43 Å². The number of esters is 1. The molecule has 0 N–H and O–H groups in total. The van der Waals surface area contributed by atoms with Crippen LogP contribution in [0.1, 0.15) is 13.3 Å². The molecule has 0 aliphatic rings. The van der Waals surface area contributed by atoms with Crippen molar-refractivity contribution in [3.05, 3.63) is 71.0 Å². The summed E-state index contributed by atoms with van der Waals surface area (Å²) in [5.41, 5.74) is 1.20. The molecule has 28 heavy (non-hydrogen) atoms. The molecule has 1 amide bonds. The van der Waals surface area contributed by atoms with Gasteiger partial charge in [-0.3, -0.25) is 19.1 Å². The monoisotopic (exact) mass is 379 g/mol. The number of hydrogen-bond donors (Lipinski definition) is 0. The van der Waals surface area contributed by atoms with E-state index in [2.05, 4.69) is 5.10 Å². The number of nitrogens with zero attached hydrogens (tertiary/aromatic N) is 3. The Morgan fingerprint density at radius 2 is 1.79 bits per heavy atom. The van der Waals surface area contributed by atoms with Crippen LogP contribution in [-0.2, 0) is 20.9 Å². The van der Waals surface area contributed by atoms with Crippen LogP contribution in [0.4, 0.5) is 5.69 Å². The van der Waals surface area contributed by atoms with E-state index in [0.29, 0.717) is 10.9 Å². The highest BCUT2D eigenvalue weighted by molar-refractivity contribution is 5.96. The number of anilines is 1. The van der Waals surface area contributed by atoms with Crippen LogP contribution in [-0.4, -0.2) is 34.8 Å². The van der Waals surface area contributed by atoms with Gasteiger partial charge in [-0.2, -0.15) is 5.10 Å². The SMILES string of the molecule is C[C@@H](OC(=O)CCn1ncc(=O)c2ccccc21)C(=O)N(C)c1ccccc1. The molecule has 0 aliphatic heterocycles. The highest BCUT2D eigenvalue weighted by Gasteiger charge is 2.22. The summed E-state index contributed by atoms with van der Waals surface area (Å²) in [5.74, 6) is -0.821. The Labute approximate surface area is 162 Å². The number of fused-ring (bicyclic) bond motifs is 1. The summed E-state index contributed by atoms with van der Waals surface area (Å²) in [5, 5.41) is 4.62. The van der Waals surface area contributed by atoms with Gasteiger partial charge in [0.05, 0.1) is 24.7 Å². The Kier molecular flexibility index (Phi) is 5.84. The molecule has 0 aliphatic carbocycles. The largest absolute Gasteiger partial charge is 0.452 e. The molecule has 0 spiro atoms. The van der Waals surface area contributed by atoms with Crippen LogP contribution >= 0.6 is 0 Å². The molecule has 2 aromatic carbocycles. The predicted molar refractivity (Wildman–Crippen MR) is 106 cm³/mol. The fraction of sp³-hybridized carbons (Fsp3) is 0.238. The summed E-state index contributed by atoms with van der Waals surface area (Å²) in [4.78, 5) is 38.0. The number of aryl methyl sites for hydroxylation is 1. The third-order valence-corrected chi connectivity index (χ3v) is 4.42. The number of likely N-dealkylation sites (N-methyl/N-ethyl adjacent to an activating group) is 1. The number of para-hydroxylation sites is 2. The maximum atomic E-state index is 12.5. The number of ether oxygens (including phenoxy) is 1. The third kappa shape index (κ3) is 4.25. The Balaban J connectivity index is 1.61. The lowest BCUT2D eigenvalue weighted by Crippen LogP contribution is -2.37. The first-order valence-electron chi connectivity index (χ1n) is 8.94. The van der Waals surface area contributed by atoms with E-state index < -0.39 is 12.1 Å². The number of hydrogen-bond acceptors (Lipinski definition) is 5. The van der Waals surface area contributed by atoms with E-state index in [1.165, 1.54) is 11.1 Å². The summed E-state index contributed by atoms with van der Waals surface area (Å²) in [6.07, 6.45) is 0.359. The van der Waals surface area contributed by atoms with Crippen molar-refractivity contribution >= 4 is 28.5 Å². The molecule has 0 radical (unpaired) electrons. The number of benzene rings is 2. The molecule has 7 nitrogen and oxygen atoms in total. The number of carbonyl (C=O) groups is 2. The van der Waals surface area contributed by atoms with Crippen molar-refractivity contribution in [1.82, 2.24) is 9.78 Å². The van der Waals surface area contributed by atoms with Gasteiger partial charge in [-0.05, 0) is 31.2 Å². The smallest absolute Gasteiger partial charge is 0.308 e. The standard InChI is InChI=1S/C21H21N3O4/c1-15(21(27)23(2)16-8-4-3-5-9-16)28-20(26)12-13-24-18-11-7-6-10-17(18)19(25)14-22-24/h3-11,14-15H,12-13H2,1-2H3/t15-/m1/s1. The second-order valence-electron chi connectivity index (χ2n) is 6.36. The fourth-order valence-corrected chi connectivity index (χ4v) is 2.89. The number of rotatable bonds is 6.